The zero-order valence-electron chi connectivity index (χ0n) is 11.2. The number of hydrogen-bond acceptors (Lipinski definition) is 4. The van der Waals surface area contributed by atoms with E-state index < -0.39 is 0 Å². The summed E-state index contributed by atoms with van der Waals surface area (Å²) in [7, 11) is 0. The van der Waals surface area contributed by atoms with Crippen molar-refractivity contribution in [3.8, 4) is 0 Å². The number of pyridine rings is 1. The van der Waals surface area contributed by atoms with Gasteiger partial charge < -0.3 is 5.32 Å². The van der Waals surface area contributed by atoms with Gasteiger partial charge in [0.1, 0.15) is 16.8 Å². The smallest absolute Gasteiger partial charge is 0.137 e. The van der Waals surface area contributed by atoms with E-state index >= 15 is 0 Å². The summed E-state index contributed by atoms with van der Waals surface area (Å²) in [5, 5.41) is 3.83. The number of anilines is 1. The largest absolute Gasteiger partial charge is 0.366 e. The highest BCUT2D eigenvalue weighted by atomic mass is 35.5. The molecule has 0 atom stereocenters. The first-order valence-corrected chi connectivity index (χ1v) is 6.74. The van der Waals surface area contributed by atoms with E-state index in [1.165, 1.54) is 0 Å². The van der Waals surface area contributed by atoms with Gasteiger partial charge in [-0.3, -0.25) is 4.98 Å². The lowest BCUT2D eigenvalue weighted by Crippen LogP contribution is -2.07. The molecule has 0 saturated heterocycles. The Balaban J connectivity index is 2.15. The fourth-order valence-electron chi connectivity index (χ4n) is 1.73. The van der Waals surface area contributed by atoms with Crippen molar-refractivity contribution in [2.45, 2.75) is 33.2 Å². The fourth-order valence-corrected chi connectivity index (χ4v) is 1.91. The number of nitrogens with zero attached hydrogens (tertiary/aromatic N) is 3. The molecule has 0 fully saturated rings. The summed E-state index contributed by atoms with van der Waals surface area (Å²) in [6.07, 6.45) is 5.39. The number of hydrogen-bond donors (Lipinski definition) is 1. The third-order valence-corrected chi connectivity index (χ3v) is 3.18. The van der Waals surface area contributed by atoms with Crippen molar-refractivity contribution in [1.82, 2.24) is 15.0 Å². The molecule has 0 unspecified atom stereocenters. The van der Waals surface area contributed by atoms with Gasteiger partial charge >= 0.3 is 0 Å². The van der Waals surface area contributed by atoms with Crippen LogP contribution in [-0.4, -0.2) is 15.0 Å². The Labute approximate surface area is 118 Å². The summed E-state index contributed by atoms with van der Waals surface area (Å²) >= 11 is 6.14. The molecule has 0 aromatic carbocycles. The van der Waals surface area contributed by atoms with Gasteiger partial charge in [0.15, 0.2) is 0 Å². The maximum Gasteiger partial charge on any atom is 0.137 e. The first-order valence-electron chi connectivity index (χ1n) is 6.36. The van der Waals surface area contributed by atoms with Gasteiger partial charge in [-0.05, 0) is 31.0 Å². The first kappa shape index (κ1) is 13.7. The maximum absolute atomic E-state index is 6.14. The highest BCUT2D eigenvalue weighted by Crippen LogP contribution is 2.20. The standard InChI is InChI=1S/C14H17ClN4/c1-3-4-12-18-13(15)10(2)14(19-12)17-9-11-5-7-16-8-6-11/h5-8H,3-4,9H2,1-2H3,(H,17,18,19). The topological polar surface area (TPSA) is 50.7 Å². The van der Waals surface area contributed by atoms with Crippen LogP contribution in [0.2, 0.25) is 5.15 Å². The number of aromatic nitrogens is 3. The molecule has 0 amide bonds. The SMILES string of the molecule is CCCc1nc(Cl)c(C)c(NCc2ccncc2)n1. The molecule has 19 heavy (non-hydrogen) atoms. The Morgan fingerprint density at radius 3 is 2.63 bits per heavy atom. The van der Waals surface area contributed by atoms with Gasteiger partial charge in [0.2, 0.25) is 0 Å². The van der Waals surface area contributed by atoms with Gasteiger partial charge in [0, 0.05) is 30.9 Å². The lowest BCUT2D eigenvalue weighted by Gasteiger charge is -2.11. The molecule has 4 nitrogen and oxygen atoms in total. The van der Waals surface area contributed by atoms with Crippen molar-refractivity contribution in [2.75, 3.05) is 5.32 Å². The second kappa shape index (κ2) is 6.48. The van der Waals surface area contributed by atoms with Crippen LogP contribution in [0, 0.1) is 6.92 Å². The highest BCUT2D eigenvalue weighted by molar-refractivity contribution is 6.30. The van der Waals surface area contributed by atoms with Crippen molar-refractivity contribution >= 4 is 17.4 Å². The van der Waals surface area contributed by atoms with E-state index in [2.05, 4.69) is 27.2 Å². The summed E-state index contributed by atoms with van der Waals surface area (Å²) in [6, 6.07) is 3.94. The molecule has 2 rings (SSSR count). The van der Waals surface area contributed by atoms with Crippen molar-refractivity contribution < 1.29 is 0 Å². The average Bonchev–Trinajstić information content (AvgIpc) is 2.42. The number of halogens is 1. The molecule has 0 radical (unpaired) electrons. The average molecular weight is 277 g/mol. The summed E-state index contributed by atoms with van der Waals surface area (Å²) in [5.74, 6) is 1.59. The molecule has 1 N–H and O–H groups in total. The Kier molecular flexibility index (Phi) is 4.68. The van der Waals surface area contributed by atoms with Crippen LogP contribution in [-0.2, 0) is 13.0 Å². The lowest BCUT2D eigenvalue weighted by atomic mass is 10.2. The fraction of sp³-hybridized carbons (Fsp3) is 0.357. The number of aryl methyl sites for hydroxylation is 1. The zero-order valence-corrected chi connectivity index (χ0v) is 11.9. The van der Waals surface area contributed by atoms with Crippen LogP contribution in [0.25, 0.3) is 0 Å². The molecule has 2 aromatic rings. The minimum absolute atomic E-state index is 0.524. The van der Waals surface area contributed by atoms with E-state index in [0.29, 0.717) is 11.7 Å². The minimum atomic E-state index is 0.524. The molecule has 0 aliphatic rings. The number of nitrogens with one attached hydrogen (secondary N) is 1. The molecule has 100 valence electrons. The van der Waals surface area contributed by atoms with E-state index in [1.54, 1.807) is 12.4 Å². The van der Waals surface area contributed by atoms with E-state index in [-0.39, 0.29) is 0 Å². The predicted molar refractivity (Wildman–Crippen MR) is 77.3 cm³/mol. The van der Waals surface area contributed by atoms with Gasteiger partial charge in [0.05, 0.1) is 0 Å². The Morgan fingerprint density at radius 1 is 1.21 bits per heavy atom. The number of rotatable bonds is 5. The van der Waals surface area contributed by atoms with Gasteiger partial charge in [0.25, 0.3) is 0 Å². The third-order valence-electron chi connectivity index (χ3n) is 2.82. The summed E-state index contributed by atoms with van der Waals surface area (Å²) < 4.78 is 0. The molecule has 0 bridgehead atoms. The Bertz CT molecular complexity index is 543. The normalized spacial score (nSPS) is 10.5. The van der Waals surface area contributed by atoms with E-state index in [4.69, 9.17) is 11.6 Å². The molecular formula is C14H17ClN4. The summed E-state index contributed by atoms with van der Waals surface area (Å²) in [4.78, 5) is 12.8. The molecule has 0 saturated carbocycles. The molecule has 0 aliphatic heterocycles. The molecule has 2 heterocycles. The third kappa shape index (κ3) is 3.64. The van der Waals surface area contributed by atoms with Crippen LogP contribution >= 0.6 is 11.6 Å². The van der Waals surface area contributed by atoms with Crippen molar-refractivity contribution in [3.05, 3.63) is 46.6 Å². The van der Waals surface area contributed by atoms with Crippen LogP contribution in [0.4, 0.5) is 5.82 Å². The zero-order chi connectivity index (χ0) is 13.7. The Hall–Kier alpha value is -1.68. The van der Waals surface area contributed by atoms with Crippen LogP contribution in [0.1, 0.15) is 30.3 Å². The predicted octanol–water partition coefficient (Wildman–Crippen LogP) is 3.40. The maximum atomic E-state index is 6.14. The van der Waals surface area contributed by atoms with Crippen LogP contribution in [0.3, 0.4) is 0 Å². The summed E-state index contributed by atoms with van der Waals surface area (Å²) in [5.41, 5.74) is 2.04. The van der Waals surface area contributed by atoms with Crippen LogP contribution in [0.15, 0.2) is 24.5 Å². The molecule has 0 spiro atoms. The van der Waals surface area contributed by atoms with Gasteiger partial charge in [-0.1, -0.05) is 18.5 Å². The summed E-state index contributed by atoms with van der Waals surface area (Å²) in [6.45, 7) is 4.72. The van der Waals surface area contributed by atoms with Crippen molar-refractivity contribution in [2.24, 2.45) is 0 Å². The molecule has 2 aromatic heterocycles. The second-order valence-electron chi connectivity index (χ2n) is 4.36. The van der Waals surface area contributed by atoms with E-state index in [0.717, 1.165) is 35.6 Å². The minimum Gasteiger partial charge on any atom is -0.366 e. The van der Waals surface area contributed by atoms with Crippen molar-refractivity contribution in [1.29, 1.82) is 0 Å². The van der Waals surface area contributed by atoms with Crippen LogP contribution < -0.4 is 5.32 Å². The first-order chi connectivity index (χ1) is 9.20. The Morgan fingerprint density at radius 2 is 1.95 bits per heavy atom. The molecule has 5 heteroatoms. The second-order valence-corrected chi connectivity index (χ2v) is 4.72. The molecular weight excluding hydrogens is 260 g/mol. The van der Waals surface area contributed by atoms with Gasteiger partial charge in [-0.15, -0.1) is 0 Å². The van der Waals surface area contributed by atoms with Crippen molar-refractivity contribution in [3.63, 3.8) is 0 Å². The van der Waals surface area contributed by atoms with E-state index in [9.17, 15) is 0 Å². The molecule has 0 aliphatic carbocycles. The van der Waals surface area contributed by atoms with Gasteiger partial charge in [-0.2, -0.15) is 0 Å². The van der Waals surface area contributed by atoms with E-state index in [1.807, 2.05) is 19.1 Å². The highest BCUT2D eigenvalue weighted by Gasteiger charge is 2.08. The quantitative estimate of drug-likeness (QED) is 0.851. The van der Waals surface area contributed by atoms with Gasteiger partial charge in [-0.25, -0.2) is 9.97 Å². The monoisotopic (exact) mass is 276 g/mol. The lowest BCUT2D eigenvalue weighted by molar-refractivity contribution is 0.830. The van der Waals surface area contributed by atoms with Crippen LogP contribution in [0.5, 0.6) is 0 Å².